The number of rotatable bonds is 33. The minimum Gasteiger partial charge on any atom is -0.466 e. The molecule has 0 saturated carbocycles. The van der Waals surface area contributed by atoms with Crippen molar-refractivity contribution in [2.75, 3.05) is 6.61 Å². The van der Waals surface area contributed by atoms with Gasteiger partial charge in [-0.2, -0.15) is 0 Å². The molecule has 0 aromatic heterocycles. The van der Waals surface area contributed by atoms with Crippen molar-refractivity contribution in [3.05, 3.63) is 0 Å². The van der Waals surface area contributed by atoms with E-state index in [1.165, 1.54) is 116 Å². The molecule has 0 N–H and O–H groups in total. The smallest absolute Gasteiger partial charge is 0.309 e. The van der Waals surface area contributed by atoms with Crippen LogP contribution in [0.15, 0.2) is 0 Å². The Bertz CT molecular complexity index is 600. The molecule has 0 aliphatic carbocycles. The Morgan fingerprint density at radius 3 is 1.17 bits per heavy atom. The Hall–Kier alpha value is -1.19. The van der Waals surface area contributed by atoms with Gasteiger partial charge in [0.2, 0.25) is 0 Å². The second kappa shape index (κ2) is 31.7. The van der Waals surface area contributed by atoms with Crippen molar-refractivity contribution in [1.82, 2.24) is 0 Å². The van der Waals surface area contributed by atoms with Crippen LogP contribution >= 0.6 is 0 Å². The molecular formula is C37H70O4. The van der Waals surface area contributed by atoms with Crippen LogP contribution in [0.3, 0.4) is 0 Å². The Labute approximate surface area is 255 Å². The van der Waals surface area contributed by atoms with E-state index in [1.807, 2.05) is 6.92 Å². The van der Waals surface area contributed by atoms with E-state index in [-0.39, 0.29) is 17.7 Å². The molecule has 41 heavy (non-hydrogen) atoms. The fraction of sp³-hybridized carbons (Fsp3) is 0.919. The third kappa shape index (κ3) is 28.7. The van der Waals surface area contributed by atoms with Gasteiger partial charge in [0.25, 0.3) is 0 Å². The Balaban J connectivity index is 3.87. The van der Waals surface area contributed by atoms with Gasteiger partial charge in [-0.05, 0) is 32.6 Å². The van der Waals surface area contributed by atoms with E-state index >= 15 is 0 Å². The van der Waals surface area contributed by atoms with Crippen molar-refractivity contribution < 1.29 is 19.1 Å². The summed E-state index contributed by atoms with van der Waals surface area (Å²) in [4.78, 5) is 37.3. The standard InChI is InChI=1S/C37H70O4/c1-4-7-9-11-13-15-17-19-21-23-27-32-36(39)33-34(37(40)41-6-3)29-25-24-28-31-35(38)30-26-22-20-18-16-14-12-10-8-5-2/h34H,4-33H2,1-3H3/t34-/m1/s1. The van der Waals surface area contributed by atoms with Crippen molar-refractivity contribution in [3.8, 4) is 0 Å². The normalized spacial score (nSPS) is 12.0. The lowest BCUT2D eigenvalue weighted by Gasteiger charge is -2.15. The third-order valence-corrected chi connectivity index (χ3v) is 8.47. The minimum atomic E-state index is -0.322. The highest BCUT2D eigenvalue weighted by Gasteiger charge is 2.22. The second-order valence-corrected chi connectivity index (χ2v) is 12.5. The first-order valence-corrected chi connectivity index (χ1v) is 18.2. The SMILES string of the molecule is CCCCCCCCCCCCCC(=O)C[C@@H](CCCCCC(=O)CCCCCCCCCCCC)C(=O)OCC. The molecule has 4 heteroatoms. The Morgan fingerprint density at radius 1 is 0.439 bits per heavy atom. The van der Waals surface area contributed by atoms with Crippen LogP contribution < -0.4 is 0 Å². The predicted octanol–water partition coefficient (Wildman–Crippen LogP) is 11.7. The number of carbonyl (C=O) groups is 3. The summed E-state index contributed by atoms with van der Waals surface area (Å²) in [5.41, 5.74) is 0. The molecule has 0 spiro atoms. The molecule has 0 aromatic rings. The van der Waals surface area contributed by atoms with Crippen LogP contribution in [0, 0.1) is 5.92 Å². The van der Waals surface area contributed by atoms with E-state index in [0.717, 1.165) is 44.9 Å². The van der Waals surface area contributed by atoms with Crippen LogP contribution in [0.4, 0.5) is 0 Å². The molecule has 242 valence electrons. The van der Waals surface area contributed by atoms with Crippen molar-refractivity contribution >= 4 is 17.5 Å². The second-order valence-electron chi connectivity index (χ2n) is 12.5. The average Bonchev–Trinajstić information content (AvgIpc) is 2.96. The largest absolute Gasteiger partial charge is 0.466 e. The first-order valence-electron chi connectivity index (χ1n) is 18.2. The summed E-state index contributed by atoms with van der Waals surface area (Å²) in [5, 5.41) is 0. The van der Waals surface area contributed by atoms with Crippen LogP contribution in [0.2, 0.25) is 0 Å². The number of ketones is 2. The highest BCUT2D eigenvalue weighted by Crippen LogP contribution is 2.20. The molecular weight excluding hydrogens is 508 g/mol. The fourth-order valence-corrected chi connectivity index (χ4v) is 5.75. The topological polar surface area (TPSA) is 60.4 Å². The van der Waals surface area contributed by atoms with E-state index in [2.05, 4.69) is 13.8 Å². The van der Waals surface area contributed by atoms with Gasteiger partial charge < -0.3 is 4.74 Å². The van der Waals surface area contributed by atoms with Crippen molar-refractivity contribution in [2.45, 2.75) is 207 Å². The third-order valence-electron chi connectivity index (χ3n) is 8.47. The van der Waals surface area contributed by atoms with E-state index in [1.54, 1.807) is 0 Å². The van der Waals surface area contributed by atoms with Gasteiger partial charge in [-0.25, -0.2) is 0 Å². The molecule has 0 fully saturated rings. The van der Waals surface area contributed by atoms with Gasteiger partial charge in [0.05, 0.1) is 12.5 Å². The summed E-state index contributed by atoms with van der Waals surface area (Å²) in [5.74, 6) is 0.0358. The molecule has 0 radical (unpaired) electrons. The van der Waals surface area contributed by atoms with Gasteiger partial charge >= 0.3 is 5.97 Å². The van der Waals surface area contributed by atoms with Gasteiger partial charge in [-0.1, -0.05) is 149 Å². The molecule has 1 atom stereocenters. The lowest BCUT2D eigenvalue weighted by molar-refractivity contribution is -0.150. The molecule has 0 saturated heterocycles. The van der Waals surface area contributed by atoms with Crippen LogP contribution in [0.1, 0.15) is 207 Å². The van der Waals surface area contributed by atoms with Crippen LogP contribution in [0.5, 0.6) is 0 Å². The minimum absolute atomic E-state index is 0.200. The zero-order valence-corrected chi connectivity index (χ0v) is 27.9. The number of esters is 1. The Kier molecular flexibility index (Phi) is 30.8. The summed E-state index contributed by atoms with van der Waals surface area (Å²) >= 11 is 0. The zero-order valence-electron chi connectivity index (χ0n) is 27.9. The maximum Gasteiger partial charge on any atom is 0.309 e. The number of hydrogen-bond donors (Lipinski definition) is 0. The maximum absolute atomic E-state index is 12.6. The molecule has 0 aliphatic rings. The number of ether oxygens (including phenoxy) is 1. The lowest BCUT2D eigenvalue weighted by Crippen LogP contribution is -2.21. The van der Waals surface area contributed by atoms with Crippen LogP contribution in [-0.2, 0) is 19.1 Å². The Morgan fingerprint density at radius 2 is 0.780 bits per heavy atom. The molecule has 0 amide bonds. The van der Waals surface area contributed by atoms with Gasteiger partial charge in [-0.15, -0.1) is 0 Å². The van der Waals surface area contributed by atoms with Crippen molar-refractivity contribution in [2.24, 2.45) is 5.92 Å². The average molecular weight is 579 g/mol. The highest BCUT2D eigenvalue weighted by atomic mass is 16.5. The quantitative estimate of drug-likeness (QED) is 0.0574. The summed E-state index contributed by atoms with van der Waals surface area (Å²) in [6.07, 6.45) is 32.6. The molecule has 0 unspecified atom stereocenters. The summed E-state index contributed by atoms with van der Waals surface area (Å²) in [7, 11) is 0. The monoisotopic (exact) mass is 579 g/mol. The molecule has 0 rings (SSSR count). The van der Waals surface area contributed by atoms with E-state index in [4.69, 9.17) is 4.74 Å². The number of carbonyl (C=O) groups excluding carboxylic acids is 3. The summed E-state index contributed by atoms with van der Waals surface area (Å²) in [6, 6.07) is 0. The maximum atomic E-state index is 12.6. The van der Waals surface area contributed by atoms with Gasteiger partial charge in [0.1, 0.15) is 11.6 Å². The molecule has 4 nitrogen and oxygen atoms in total. The summed E-state index contributed by atoms with van der Waals surface area (Å²) < 4.78 is 5.27. The number of Topliss-reactive ketones (excluding diaryl/α,β-unsaturated/α-hetero) is 2. The first-order chi connectivity index (χ1) is 20.0. The first kappa shape index (κ1) is 39.8. The lowest BCUT2D eigenvalue weighted by atomic mass is 9.93. The predicted molar refractivity (Wildman–Crippen MR) is 175 cm³/mol. The van der Waals surface area contributed by atoms with E-state index < -0.39 is 0 Å². The zero-order chi connectivity index (χ0) is 30.2. The number of unbranched alkanes of at least 4 members (excludes halogenated alkanes) is 21. The molecule has 0 aliphatic heterocycles. The van der Waals surface area contributed by atoms with E-state index in [9.17, 15) is 14.4 Å². The number of hydrogen-bond acceptors (Lipinski definition) is 4. The van der Waals surface area contributed by atoms with Crippen LogP contribution in [-0.4, -0.2) is 24.1 Å². The van der Waals surface area contributed by atoms with Crippen molar-refractivity contribution in [1.29, 1.82) is 0 Å². The van der Waals surface area contributed by atoms with Gasteiger partial charge in [-0.3, -0.25) is 14.4 Å². The van der Waals surface area contributed by atoms with E-state index in [0.29, 0.717) is 38.1 Å². The molecule has 0 aromatic carbocycles. The highest BCUT2D eigenvalue weighted by molar-refractivity contribution is 5.84. The fourth-order valence-electron chi connectivity index (χ4n) is 5.75. The molecule has 0 heterocycles. The molecule has 0 bridgehead atoms. The van der Waals surface area contributed by atoms with Crippen LogP contribution in [0.25, 0.3) is 0 Å². The van der Waals surface area contributed by atoms with Crippen molar-refractivity contribution in [3.63, 3.8) is 0 Å². The summed E-state index contributed by atoms with van der Waals surface area (Å²) in [6.45, 7) is 6.69. The van der Waals surface area contributed by atoms with Gasteiger partial charge in [0, 0.05) is 25.7 Å². The van der Waals surface area contributed by atoms with Gasteiger partial charge in [0.15, 0.2) is 0 Å².